The molecule has 0 spiro atoms. The van der Waals surface area contributed by atoms with E-state index in [9.17, 15) is 38.0 Å². The molecule has 1 rings (SSSR count). The monoisotopic (exact) mass is 346 g/mol. The van der Waals surface area contributed by atoms with Crippen molar-refractivity contribution >= 4 is 19.2 Å². The molecule has 0 bridgehead atoms. The number of alkyl halides is 3. The molecule has 0 atom stereocenters. The van der Waals surface area contributed by atoms with Gasteiger partial charge in [0.25, 0.3) is 11.4 Å². The Morgan fingerprint density at radius 3 is 2.09 bits per heavy atom. The van der Waals surface area contributed by atoms with Crippen molar-refractivity contribution in [2.24, 2.45) is 0 Å². The van der Waals surface area contributed by atoms with Gasteiger partial charge in [0.15, 0.2) is 0 Å². The van der Waals surface area contributed by atoms with Gasteiger partial charge in [0.1, 0.15) is 0 Å². The van der Waals surface area contributed by atoms with Gasteiger partial charge in [-0.05, 0) is 0 Å². The van der Waals surface area contributed by atoms with Gasteiger partial charge < -0.3 is 9.79 Å². The van der Waals surface area contributed by atoms with Crippen molar-refractivity contribution < 1.29 is 41.9 Å². The number of rotatable bonds is 5. The Labute approximate surface area is 118 Å². The molecule has 1 aromatic carbocycles. The van der Waals surface area contributed by atoms with E-state index in [0.29, 0.717) is 0 Å². The fourth-order valence-corrected chi connectivity index (χ4v) is 1.76. The molecule has 122 valence electrons. The average Bonchev–Trinajstić information content (AvgIpc) is 2.32. The molecule has 22 heavy (non-hydrogen) atoms. The average molecular weight is 346 g/mol. The van der Waals surface area contributed by atoms with Gasteiger partial charge in [-0.25, -0.2) is 4.57 Å². The van der Waals surface area contributed by atoms with Crippen molar-refractivity contribution in [3.05, 3.63) is 43.5 Å². The highest BCUT2D eigenvalue weighted by atomic mass is 31.2. The molecular weight excluding hydrogens is 340 g/mol. The van der Waals surface area contributed by atoms with Crippen molar-refractivity contribution in [2.45, 2.75) is 12.8 Å². The molecule has 0 aliphatic heterocycles. The van der Waals surface area contributed by atoms with E-state index in [2.05, 4.69) is 4.52 Å². The second-order valence-electron chi connectivity index (χ2n) is 3.77. The summed E-state index contributed by atoms with van der Waals surface area (Å²) in [6.07, 6.45) is -5.23. The van der Waals surface area contributed by atoms with Gasteiger partial charge >= 0.3 is 14.0 Å². The molecule has 0 aliphatic rings. The highest BCUT2D eigenvalue weighted by molar-refractivity contribution is 7.46. The first-order valence-electron chi connectivity index (χ1n) is 5.06. The maximum atomic E-state index is 12.9. The highest BCUT2D eigenvalue weighted by Crippen LogP contribution is 2.43. The van der Waals surface area contributed by atoms with Crippen molar-refractivity contribution in [3.8, 4) is 0 Å². The van der Waals surface area contributed by atoms with Crippen LogP contribution in [0.4, 0.5) is 24.5 Å². The normalized spacial score (nSPS) is 12.2. The molecule has 0 saturated heterocycles. The van der Waals surface area contributed by atoms with Crippen LogP contribution in [0.25, 0.3) is 0 Å². The summed E-state index contributed by atoms with van der Waals surface area (Å²) in [5.74, 6) is 0. The third-order valence-corrected chi connectivity index (χ3v) is 2.77. The maximum absolute atomic E-state index is 12.9. The number of hydrogen-bond acceptors (Lipinski definition) is 6. The first-order valence-corrected chi connectivity index (χ1v) is 6.59. The number of nitro groups is 2. The van der Waals surface area contributed by atoms with Gasteiger partial charge in [0.2, 0.25) is 0 Å². The molecule has 14 heteroatoms. The summed E-state index contributed by atoms with van der Waals surface area (Å²) in [6, 6.07) is 0.263. The quantitative estimate of drug-likeness (QED) is 0.467. The summed E-state index contributed by atoms with van der Waals surface area (Å²) in [5.41, 5.74) is -5.55. The summed E-state index contributed by atoms with van der Waals surface area (Å²) in [5, 5.41) is 21.3. The fourth-order valence-electron chi connectivity index (χ4n) is 1.46. The van der Waals surface area contributed by atoms with E-state index in [4.69, 9.17) is 9.79 Å². The molecule has 0 aromatic heterocycles. The van der Waals surface area contributed by atoms with Gasteiger partial charge in [0, 0.05) is 6.07 Å². The van der Waals surface area contributed by atoms with E-state index >= 15 is 0 Å². The van der Waals surface area contributed by atoms with Crippen LogP contribution in [0.2, 0.25) is 0 Å². The first kappa shape index (κ1) is 18.0. The Morgan fingerprint density at radius 1 is 1.18 bits per heavy atom. The van der Waals surface area contributed by atoms with E-state index in [-0.39, 0.29) is 12.1 Å². The summed E-state index contributed by atoms with van der Waals surface area (Å²) in [4.78, 5) is 35.6. The van der Waals surface area contributed by atoms with Gasteiger partial charge in [-0.1, -0.05) is 0 Å². The maximum Gasteiger partial charge on any atom is 0.469 e. The van der Waals surface area contributed by atoms with E-state index in [1.807, 2.05) is 0 Å². The van der Waals surface area contributed by atoms with Crippen LogP contribution in [0.3, 0.4) is 0 Å². The van der Waals surface area contributed by atoms with Crippen molar-refractivity contribution in [3.63, 3.8) is 0 Å². The Bertz CT molecular complexity index is 670. The summed E-state index contributed by atoms with van der Waals surface area (Å²) in [6.45, 7) is -1.45. The zero-order valence-electron chi connectivity index (χ0n) is 10.2. The molecule has 0 saturated carbocycles. The zero-order chi connectivity index (χ0) is 17.3. The Balaban J connectivity index is 3.58. The van der Waals surface area contributed by atoms with Crippen LogP contribution in [0.5, 0.6) is 0 Å². The summed E-state index contributed by atoms with van der Waals surface area (Å²) in [7, 11) is -5.21. The number of hydrogen-bond donors (Lipinski definition) is 2. The lowest BCUT2D eigenvalue weighted by Crippen LogP contribution is -2.13. The van der Waals surface area contributed by atoms with Crippen LogP contribution in [0.15, 0.2) is 12.1 Å². The van der Waals surface area contributed by atoms with E-state index in [1.54, 1.807) is 0 Å². The lowest BCUT2D eigenvalue weighted by atomic mass is 10.0. The van der Waals surface area contributed by atoms with Crippen LogP contribution >= 0.6 is 7.82 Å². The number of benzene rings is 1. The summed E-state index contributed by atoms with van der Waals surface area (Å²) < 4.78 is 53.0. The molecule has 1 aromatic rings. The highest BCUT2D eigenvalue weighted by Gasteiger charge is 2.39. The molecule has 0 unspecified atom stereocenters. The van der Waals surface area contributed by atoms with E-state index in [1.165, 1.54) is 0 Å². The van der Waals surface area contributed by atoms with Gasteiger partial charge in [-0.15, -0.1) is 0 Å². The smallest absolute Gasteiger partial charge is 0.303 e. The molecule has 0 aliphatic carbocycles. The molecule has 0 amide bonds. The lowest BCUT2D eigenvalue weighted by molar-refractivity contribution is -0.395. The summed E-state index contributed by atoms with van der Waals surface area (Å²) >= 11 is 0. The Morgan fingerprint density at radius 2 is 1.73 bits per heavy atom. The van der Waals surface area contributed by atoms with E-state index in [0.717, 1.165) is 0 Å². The number of nitro benzene ring substituents is 2. The molecule has 0 radical (unpaired) electrons. The predicted molar refractivity (Wildman–Crippen MR) is 61.6 cm³/mol. The van der Waals surface area contributed by atoms with Gasteiger partial charge in [0.05, 0.1) is 33.6 Å². The topological polar surface area (TPSA) is 153 Å². The van der Waals surface area contributed by atoms with Gasteiger partial charge in [-0.2, -0.15) is 13.2 Å². The number of phosphoric acid groups is 1. The third-order valence-electron chi connectivity index (χ3n) is 2.30. The largest absolute Gasteiger partial charge is 0.469 e. The number of halogens is 3. The Kier molecular flexibility index (Phi) is 4.87. The second-order valence-corrected chi connectivity index (χ2v) is 5.01. The van der Waals surface area contributed by atoms with Crippen molar-refractivity contribution in [1.29, 1.82) is 0 Å². The minimum absolute atomic E-state index is 0.0192. The number of nitrogens with zero attached hydrogens (tertiary/aromatic N) is 2. The second kappa shape index (κ2) is 5.96. The first-order chi connectivity index (χ1) is 9.83. The standard InChI is InChI=1S/C8H6F3N2O8P/c9-8(10,11)6-1-4(12(14)15)2-7(13(16)17)5(6)3-21-22(18,19)20/h1-2H,3H2,(H2,18,19,20). The minimum Gasteiger partial charge on any atom is -0.303 e. The third kappa shape index (κ3) is 4.46. The van der Waals surface area contributed by atoms with Crippen LogP contribution in [-0.2, 0) is 21.9 Å². The van der Waals surface area contributed by atoms with E-state index < -0.39 is 53.0 Å². The molecule has 0 fully saturated rings. The molecule has 2 N–H and O–H groups in total. The number of non-ortho nitro benzene ring substituents is 1. The van der Waals surface area contributed by atoms with Crippen LogP contribution < -0.4 is 0 Å². The van der Waals surface area contributed by atoms with Gasteiger partial charge in [-0.3, -0.25) is 24.8 Å². The van der Waals surface area contributed by atoms with Crippen molar-refractivity contribution in [1.82, 2.24) is 0 Å². The van der Waals surface area contributed by atoms with Crippen LogP contribution in [0, 0.1) is 20.2 Å². The lowest BCUT2D eigenvalue weighted by Gasteiger charge is -2.13. The van der Waals surface area contributed by atoms with Crippen LogP contribution in [0.1, 0.15) is 11.1 Å². The molecule has 0 heterocycles. The Hall–Kier alpha value is -2.08. The minimum atomic E-state index is -5.23. The molecule has 10 nitrogen and oxygen atoms in total. The SMILES string of the molecule is O=[N+]([O-])c1cc([N+](=O)[O-])c(COP(=O)(O)O)c(C(F)(F)F)c1. The number of phosphoric ester groups is 1. The van der Waals surface area contributed by atoms with Crippen LogP contribution in [-0.4, -0.2) is 19.6 Å². The zero-order valence-corrected chi connectivity index (χ0v) is 11.1. The predicted octanol–water partition coefficient (Wildman–Crippen LogP) is 2.13. The van der Waals surface area contributed by atoms with Crippen molar-refractivity contribution in [2.75, 3.05) is 0 Å². The fraction of sp³-hybridized carbons (Fsp3) is 0.250. The molecular formula is C8H6F3N2O8P.